The maximum Gasteiger partial charge on any atom is 0.103 e. The summed E-state index contributed by atoms with van der Waals surface area (Å²) in [6, 6.07) is 16.3. The summed E-state index contributed by atoms with van der Waals surface area (Å²) in [5.74, 6) is 0. The van der Waals surface area contributed by atoms with Crippen molar-refractivity contribution in [1.29, 1.82) is 0 Å². The Morgan fingerprint density at radius 2 is 1.89 bits per heavy atom. The molecule has 0 aromatic heterocycles. The van der Waals surface area contributed by atoms with Gasteiger partial charge in [-0.1, -0.05) is 40.3 Å². The van der Waals surface area contributed by atoms with E-state index in [0.29, 0.717) is 4.99 Å². The van der Waals surface area contributed by atoms with Crippen LogP contribution in [-0.4, -0.2) is 4.99 Å². The molecule has 98 valence electrons. The summed E-state index contributed by atoms with van der Waals surface area (Å²) in [7, 11) is 0. The number of hydrogen-bond acceptors (Lipinski definition) is 2. The third kappa shape index (κ3) is 3.78. The zero-order chi connectivity index (χ0) is 13.8. The fourth-order valence-electron chi connectivity index (χ4n) is 1.84. The van der Waals surface area contributed by atoms with Crippen molar-refractivity contribution in [2.45, 2.75) is 13.0 Å². The third-order valence-electron chi connectivity index (χ3n) is 2.90. The molecule has 1 atom stereocenters. The lowest BCUT2D eigenvalue weighted by molar-refractivity contribution is 0.884. The van der Waals surface area contributed by atoms with E-state index in [4.69, 9.17) is 18.0 Å². The van der Waals surface area contributed by atoms with Crippen molar-refractivity contribution in [2.75, 3.05) is 5.32 Å². The van der Waals surface area contributed by atoms with Gasteiger partial charge in [0.1, 0.15) is 4.99 Å². The third-order valence-corrected chi connectivity index (χ3v) is 3.63. The van der Waals surface area contributed by atoms with E-state index in [0.717, 1.165) is 15.7 Å². The summed E-state index contributed by atoms with van der Waals surface area (Å²) in [6.45, 7) is 2.13. The largest absolute Gasteiger partial charge is 0.389 e. The van der Waals surface area contributed by atoms with Crippen molar-refractivity contribution in [3.05, 3.63) is 64.1 Å². The maximum absolute atomic E-state index is 5.58. The fourth-order valence-corrected chi connectivity index (χ4v) is 2.39. The van der Waals surface area contributed by atoms with Gasteiger partial charge in [-0.25, -0.2) is 0 Å². The van der Waals surface area contributed by atoms with Crippen LogP contribution in [0.1, 0.15) is 24.1 Å². The van der Waals surface area contributed by atoms with Crippen LogP contribution in [0.3, 0.4) is 0 Å². The molecule has 0 amide bonds. The first-order valence-corrected chi connectivity index (χ1v) is 7.18. The van der Waals surface area contributed by atoms with Crippen molar-refractivity contribution in [3.8, 4) is 0 Å². The second-order valence-corrected chi connectivity index (χ2v) is 5.72. The van der Waals surface area contributed by atoms with E-state index in [1.54, 1.807) is 0 Å². The predicted octanol–water partition coefficient (Wildman–Crippen LogP) is 4.26. The Morgan fingerprint density at radius 3 is 2.47 bits per heavy atom. The fraction of sp³-hybridized carbons (Fsp3) is 0.133. The molecule has 0 radical (unpaired) electrons. The first-order valence-electron chi connectivity index (χ1n) is 5.98. The molecule has 1 unspecified atom stereocenters. The highest BCUT2D eigenvalue weighted by atomic mass is 79.9. The molecule has 2 rings (SSSR count). The van der Waals surface area contributed by atoms with E-state index in [1.165, 1.54) is 5.56 Å². The molecule has 3 N–H and O–H groups in total. The molecular formula is C15H15BrN2S. The number of thiocarbonyl (C=S) groups is 1. The van der Waals surface area contributed by atoms with Crippen LogP contribution in [0.5, 0.6) is 0 Å². The molecule has 0 aliphatic heterocycles. The van der Waals surface area contributed by atoms with E-state index in [-0.39, 0.29) is 6.04 Å². The number of nitrogens with two attached hydrogens (primary N) is 1. The van der Waals surface area contributed by atoms with Gasteiger partial charge in [-0.3, -0.25) is 0 Å². The molecule has 19 heavy (non-hydrogen) atoms. The monoisotopic (exact) mass is 334 g/mol. The van der Waals surface area contributed by atoms with Crippen LogP contribution in [0.15, 0.2) is 53.0 Å². The molecule has 0 heterocycles. The average Bonchev–Trinajstić information content (AvgIpc) is 2.39. The van der Waals surface area contributed by atoms with Gasteiger partial charge in [0.05, 0.1) is 0 Å². The number of halogens is 1. The lowest BCUT2D eigenvalue weighted by Crippen LogP contribution is -2.10. The smallest absolute Gasteiger partial charge is 0.103 e. The van der Waals surface area contributed by atoms with Crippen LogP contribution in [0.25, 0.3) is 0 Å². The van der Waals surface area contributed by atoms with Gasteiger partial charge in [-0.2, -0.15) is 0 Å². The summed E-state index contributed by atoms with van der Waals surface area (Å²) in [5, 5.41) is 3.45. The number of hydrogen-bond donors (Lipinski definition) is 2. The number of rotatable bonds is 4. The topological polar surface area (TPSA) is 38.0 Å². The van der Waals surface area contributed by atoms with Crippen molar-refractivity contribution >= 4 is 38.8 Å². The Balaban J connectivity index is 2.10. The van der Waals surface area contributed by atoms with Crippen molar-refractivity contribution in [2.24, 2.45) is 5.73 Å². The Bertz CT molecular complexity index is 581. The summed E-state index contributed by atoms with van der Waals surface area (Å²) < 4.78 is 1.09. The minimum absolute atomic E-state index is 0.230. The molecule has 2 aromatic carbocycles. The van der Waals surface area contributed by atoms with Gasteiger partial charge in [0.2, 0.25) is 0 Å². The number of anilines is 1. The quantitative estimate of drug-likeness (QED) is 0.820. The second-order valence-electron chi connectivity index (χ2n) is 4.36. The molecule has 4 heteroatoms. The summed E-state index contributed by atoms with van der Waals surface area (Å²) in [4.78, 5) is 0.423. The normalized spacial score (nSPS) is 11.9. The highest BCUT2D eigenvalue weighted by molar-refractivity contribution is 9.10. The van der Waals surface area contributed by atoms with Crippen LogP contribution in [0.2, 0.25) is 0 Å². The van der Waals surface area contributed by atoms with E-state index < -0.39 is 0 Å². The van der Waals surface area contributed by atoms with Gasteiger partial charge in [-0.05, 0) is 48.9 Å². The highest BCUT2D eigenvalue weighted by Gasteiger charge is 2.05. The Kier molecular flexibility index (Phi) is 4.56. The van der Waals surface area contributed by atoms with E-state index in [2.05, 4.69) is 40.3 Å². The van der Waals surface area contributed by atoms with Crippen LogP contribution >= 0.6 is 28.1 Å². The Labute approximate surface area is 127 Å². The second kappa shape index (κ2) is 6.17. The molecule has 0 aliphatic rings. The number of benzene rings is 2. The molecule has 2 aromatic rings. The van der Waals surface area contributed by atoms with Gasteiger partial charge in [-0.15, -0.1) is 0 Å². The van der Waals surface area contributed by atoms with Crippen LogP contribution in [0.4, 0.5) is 5.69 Å². The molecule has 0 fully saturated rings. The maximum atomic E-state index is 5.58. The van der Waals surface area contributed by atoms with E-state index in [1.807, 2.05) is 36.4 Å². The van der Waals surface area contributed by atoms with Crippen molar-refractivity contribution in [3.63, 3.8) is 0 Å². The highest BCUT2D eigenvalue weighted by Crippen LogP contribution is 2.22. The molecule has 0 saturated heterocycles. The van der Waals surface area contributed by atoms with E-state index in [9.17, 15) is 0 Å². The van der Waals surface area contributed by atoms with Gasteiger partial charge in [0, 0.05) is 21.8 Å². The molecule has 0 saturated carbocycles. The van der Waals surface area contributed by atoms with Crippen LogP contribution in [0, 0.1) is 0 Å². The molecule has 0 bridgehead atoms. The molecule has 0 spiro atoms. The molecule has 0 aliphatic carbocycles. The summed E-state index contributed by atoms with van der Waals surface area (Å²) in [6.07, 6.45) is 0. The first kappa shape index (κ1) is 14.0. The lowest BCUT2D eigenvalue weighted by atomic mass is 10.1. The van der Waals surface area contributed by atoms with Crippen molar-refractivity contribution in [1.82, 2.24) is 0 Å². The zero-order valence-electron chi connectivity index (χ0n) is 10.6. The summed E-state index contributed by atoms with van der Waals surface area (Å²) in [5.41, 5.74) is 8.74. The minimum atomic E-state index is 0.230. The number of nitrogens with one attached hydrogen (secondary N) is 1. The van der Waals surface area contributed by atoms with Gasteiger partial charge >= 0.3 is 0 Å². The van der Waals surface area contributed by atoms with Gasteiger partial charge in [0.15, 0.2) is 0 Å². The van der Waals surface area contributed by atoms with Crippen LogP contribution in [-0.2, 0) is 0 Å². The van der Waals surface area contributed by atoms with Crippen LogP contribution < -0.4 is 11.1 Å². The first-order chi connectivity index (χ1) is 9.06. The molecule has 2 nitrogen and oxygen atoms in total. The summed E-state index contributed by atoms with van der Waals surface area (Å²) >= 11 is 8.42. The zero-order valence-corrected chi connectivity index (χ0v) is 13.0. The predicted molar refractivity (Wildman–Crippen MR) is 88.5 cm³/mol. The Morgan fingerprint density at radius 1 is 1.21 bits per heavy atom. The van der Waals surface area contributed by atoms with Gasteiger partial charge in [0.25, 0.3) is 0 Å². The van der Waals surface area contributed by atoms with Crippen molar-refractivity contribution < 1.29 is 0 Å². The van der Waals surface area contributed by atoms with Gasteiger partial charge < -0.3 is 11.1 Å². The standard InChI is InChI=1S/C15H15BrN2S/c1-10(12-3-2-4-13(16)9-12)18-14-7-5-11(6-8-14)15(17)19/h2-10,18H,1H3,(H2,17,19). The van der Waals surface area contributed by atoms with E-state index >= 15 is 0 Å². The average molecular weight is 335 g/mol. The Hall–Kier alpha value is -1.39. The lowest BCUT2D eigenvalue weighted by Gasteiger charge is -2.16. The minimum Gasteiger partial charge on any atom is -0.389 e. The molecular weight excluding hydrogens is 320 g/mol. The SMILES string of the molecule is CC(Nc1ccc(C(N)=S)cc1)c1cccc(Br)c1.